The van der Waals surface area contributed by atoms with Crippen molar-refractivity contribution in [1.29, 1.82) is 0 Å². The van der Waals surface area contributed by atoms with E-state index in [0.29, 0.717) is 23.9 Å². The molecule has 2 N–H and O–H groups in total. The highest BCUT2D eigenvalue weighted by atomic mass is 16.4. The molecule has 0 saturated heterocycles. The zero-order chi connectivity index (χ0) is 18.8. The fourth-order valence-corrected chi connectivity index (χ4v) is 3.45. The van der Waals surface area contributed by atoms with Gasteiger partial charge < -0.3 is 15.1 Å². The van der Waals surface area contributed by atoms with E-state index in [9.17, 15) is 0 Å². The van der Waals surface area contributed by atoms with Crippen molar-refractivity contribution in [2.24, 2.45) is 0 Å². The van der Waals surface area contributed by atoms with Gasteiger partial charge in [0.25, 0.3) is 0 Å². The van der Waals surface area contributed by atoms with Gasteiger partial charge in [0.1, 0.15) is 17.3 Å². The van der Waals surface area contributed by atoms with Gasteiger partial charge in [-0.2, -0.15) is 5.10 Å². The van der Waals surface area contributed by atoms with Crippen LogP contribution in [-0.4, -0.2) is 37.2 Å². The van der Waals surface area contributed by atoms with Crippen LogP contribution < -0.4 is 10.6 Å². The van der Waals surface area contributed by atoms with Crippen molar-refractivity contribution in [2.75, 3.05) is 10.6 Å². The lowest BCUT2D eigenvalue weighted by atomic mass is 10.2. The Hall–Kier alpha value is -3.03. The Labute approximate surface area is 157 Å². The topological polar surface area (TPSA) is 102 Å². The minimum atomic E-state index is 0.340. The molecule has 1 aliphatic rings. The Balaban J connectivity index is 1.34. The zero-order valence-corrected chi connectivity index (χ0v) is 15.7. The molecule has 0 spiro atoms. The molecule has 0 amide bonds. The first-order valence-corrected chi connectivity index (χ1v) is 9.16. The van der Waals surface area contributed by atoms with Crippen LogP contribution in [0.1, 0.15) is 36.6 Å². The van der Waals surface area contributed by atoms with E-state index in [-0.39, 0.29) is 0 Å². The van der Waals surface area contributed by atoms with E-state index in [1.165, 1.54) is 0 Å². The van der Waals surface area contributed by atoms with Crippen LogP contribution in [0.2, 0.25) is 0 Å². The van der Waals surface area contributed by atoms with Crippen LogP contribution in [0.25, 0.3) is 11.3 Å². The summed E-state index contributed by atoms with van der Waals surface area (Å²) in [5.74, 6) is 2.94. The molecule has 0 bridgehead atoms. The zero-order valence-electron chi connectivity index (χ0n) is 15.7. The second-order valence-corrected chi connectivity index (χ2v) is 6.99. The Morgan fingerprint density at radius 1 is 0.963 bits per heavy atom. The molecule has 140 valence electrons. The van der Waals surface area contributed by atoms with E-state index in [0.717, 1.165) is 47.8 Å². The molecule has 3 aromatic rings. The van der Waals surface area contributed by atoms with Crippen LogP contribution >= 0.6 is 0 Å². The number of nitrogens with one attached hydrogen (secondary N) is 2. The first kappa shape index (κ1) is 17.4. The normalized spacial score (nSPS) is 19.2. The maximum Gasteiger partial charge on any atom is 0.242 e. The van der Waals surface area contributed by atoms with E-state index >= 15 is 0 Å². The second-order valence-electron chi connectivity index (χ2n) is 6.99. The SMILES string of the molecule is Cc1cnc(N[C@H]2CC[C@H](Nc3ccc(-c4nc(C)oc4C)cn3)C2)nn1. The molecule has 0 aliphatic heterocycles. The number of rotatable bonds is 5. The Kier molecular flexibility index (Phi) is 4.70. The van der Waals surface area contributed by atoms with Gasteiger partial charge in [0.2, 0.25) is 5.95 Å². The molecule has 27 heavy (non-hydrogen) atoms. The lowest BCUT2D eigenvalue weighted by molar-refractivity contribution is 0.495. The van der Waals surface area contributed by atoms with E-state index in [1.807, 2.05) is 39.1 Å². The van der Waals surface area contributed by atoms with Gasteiger partial charge in [-0.1, -0.05) is 0 Å². The van der Waals surface area contributed by atoms with E-state index in [2.05, 4.69) is 35.8 Å². The Morgan fingerprint density at radius 3 is 2.41 bits per heavy atom. The number of hydrogen-bond donors (Lipinski definition) is 2. The number of anilines is 2. The summed E-state index contributed by atoms with van der Waals surface area (Å²) in [7, 11) is 0. The summed E-state index contributed by atoms with van der Waals surface area (Å²) in [6.45, 7) is 5.64. The van der Waals surface area contributed by atoms with Gasteiger partial charge in [0, 0.05) is 30.8 Å². The first-order chi connectivity index (χ1) is 13.1. The van der Waals surface area contributed by atoms with Crippen LogP contribution in [0, 0.1) is 20.8 Å². The summed E-state index contributed by atoms with van der Waals surface area (Å²) in [5, 5.41) is 15.0. The smallest absolute Gasteiger partial charge is 0.242 e. The summed E-state index contributed by atoms with van der Waals surface area (Å²) in [4.78, 5) is 13.2. The fourth-order valence-electron chi connectivity index (χ4n) is 3.45. The molecule has 1 fully saturated rings. The molecular formula is C19H23N7O. The third kappa shape index (κ3) is 4.05. The molecule has 2 atom stereocenters. The summed E-state index contributed by atoms with van der Waals surface area (Å²) in [5.41, 5.74) is 2.63. The number of nitrogens with zero attached hydrogens (tertiary/aromatic N) is 5. The van der Waals surface area contributed by atoms with E-state index < -0.39 is 0 Å². The quantitative estimate of drug-likeness (QED) is 0.710. The minimum Gasteiger partial charge on any atom is -0.446 e. The average Bonchev–Trinajstić information content (AvgIpc) is 3.23. The molecule has 3 heterocycles. The first-order valence-electron chi connectivity index (χ1n) is 9.16. The summed E-state index contributed by atoms with van der Waals surface area (Å²) in [6.07, 6.45) is 6.68. The minimum absolute atomic E-state index is 0.340. The maximum absolute atomic E-state index is 5.50. The molecular weight excluding hydrogens is 342 g/mol. The molecule has 8 nitrogen and oxygen atoms in total. The van der Waals surface area contributed by atoms with Crippen LogP contribution in [0.5, 0.6) is 0 Å². The van der Waals surface area contributed by atoms with Crippen molar-refractivity contribution in [3.8, 4) is 11.3 Å². The number of aryl methyl sites for hydroxylation is 3. The lowest BCUT2D eigenvalue weighted by Crippen LogP contribution is -2.22. The number of oxazole rings is 1. The van der Waals surface area contributed by atoms with E-state index in [4.69, 9.17) is 4.42 Å². The maximum atomic E-state index is 5.50. The molecule has 0 radical (unpaired) electrons. The fraction of sp³-hybridized carbons (Fsp3) is 0.421. The molecule has 1 aliphatic carbocycles. The molecule has 8 heteroatoms. The largest absolute Gasteiger partial charge is 0.446 e. The van der Waals surface area contributed by atoms with Crippen molar-refractivity contribution in [1.82, 2.24) is 25.1 Å². The van der Waals surface area contributed by atoms with Gasteiger partial charge in [0.05, 0.1) is 11.9 Å². The van der Waals surface area contributed by atoms with Crippen LogP contribution in [0.15, 0.2) is 28.9 Å². The highest BCUT2D eigenvalue weighted by Crippen LogP contribution is 2.26. The van der Waals surface area contributed by atoms with Crippen molar-refractivity contribution in [3.63, 3.8) is 0 Å². The van der Waals surface area contributed by atoms with Gasteiger partial charge in [0.15, 0.2) is 5.89 Å². The Morgan fingerprint density at radius 2 is 1.78 bits per heavy atom. The Bertz CT molecular complexity index is 905. The standard InChI is InChI=1S/C19H23N7O/c1-11-9-21-19(26-25-11)24-16-6-5-15(8-16)23-17-7-4-14(10-20-17)18-12(2)27-13(3)22-18/h4,7,9-10,15-16H,5-6,8H2,1-3H3,(H,20,23)(H,21,24,26)/t15-,16-/m0/s1. The molecule has 0 aromatic carbocycles. The molecule has 4 rings (SSSR count). The molecule has 1 saturated carbocycles. The third-order valence-corrected chi connectivity index (χ3v) is 4.73. The summed E-state index contributed by atoms with van der Waals surface area (Å²) >= 11 is 0. The highest BCUT2D eigenvalue weighted by Gasteiger charge is 2.25. The predicted molar refractivity (Wildman–Crippen MR) is 102 cm³/mol. The van der Waals surface area contributed by atoms with Gasteiger partial charge in [-0.25, -0.2) is 15.0 Å². The second kappa shape index (κ2) is 7.30. The third-order valence-electron chi connectivity index (χ3n) is 4.73. The number of hydrogen-bond acceptors (Lipinski definition) is 8. The number of aromatic nitrogens is 5. The van der Waals surface area contributed by atoms with Crippen LogP contribution in [-0.2, 0) is 0 Å². The van der Waals surface area contributed by atoms with Crippen molar-refractivity contribution in [2.45, 2.75) is 52.1 Å². The van der Waals surface area contributed by atoms with Gasteiger partial charge >= 0.3 is 0 Å². The van der Waals surface area contributed by atoms with Gasteiger partial charge in [-0.15, -0.1) is 5.10 Å². The lowest BCUT2D eigenvalue weighted by Gasteiger charge is -2.15. The van der Waals surface area contributed by atoms with Gasteiger partial charge in [-0.05, 0) is 45.2 Å². The van der Waals surface area contributed by atoms with Crippen LogP contribution in [0.3, 0.4) is 0 Å². The monoisotopic (exact) mass is 365 g/mol. The van der Waals surface area contributed by atoms with Crippen molar-refractivity contribution < 1.29 is 4.42 Å². The molecule has 0 unspecified atom stereocenters. The van der Waals surface area contributed by atoms with Crippen molar-refractivity contribution >= 4 is 11.8 Å². The number of pyridine rings is 1. The predicted octanol–water partition coefficient (Wildman–Crippen LogP) is 3.29. The van der Waals surface area contributed by atoms with Crippen molar-refractivity contribution in [3.05, 3.63) is 41.9 Å². The van der Waals surface area contributed by atoms with Crippen LogP contribution in [0.4, 0.5) is 11.8 Å². The average molecular weight is 365 g/mol. The molecule has 3 aromatic heterocycles. The highest BCUT2D eigenvalue weighted by molar-refractivity contribution is 5.61. The van der Waals surface area contributed by atoms with Gasteiger partial charge in [-0.3, -0.25) is 0 Å². The summed E-state index contributed by atoms with van der Waals surface area (Å²) in [6, 6.07) is 4.73. The van der Waals surface area contributed by atoms with E-state index in [1.54, 1.807) is 6.20 Å². The summed E-state index contributed by atoms with van der Waals surface area (Å²) < 4.78 is 5.50.